The predicted octanol–water partition coefficient (Wildman–Crippen LogP) is 2.93. The molecule has 0 saturated heterocycles. The van der Waals surface area contributed by atoms with Crippen molar-refractivity contribution in [2.45, 2.75) is 32.6 Å². The van der Waals surface area contributed by atoms with Crippen LogP contribution in [0.25, 0.3) is 0 Å². The molecule has 3 rings (SSSR count). The van der Waals surface area contributed by atoms with Crippen molar-refractivity contribution < 1.29 is 4.74 Å². The lowest BCUT2D eigenvalue weighted by Gasteiger charge is -2.28. The maximum atomic E-state index is 5.88. The van der Waals surface area contributed by atoms with Crippen molar-refractivity contribution in [2.75, 3.05) is 30.8 Å². The molecule has 110 valence electrons. The topological polar surface area (TPSA) is 51.4 Å². The smallest absolute Gasteiger partial charge is 0.239 e. The SMILES string of the molecule is CCOc1nc(N(C)CC2CC3CCC2C3)ccc1N. The number of nitrogens with two attached hydrogens (primary N) is 1. The van der Waals surface area contributed by atoms with Crippen molar-refractivity contribution in [3.63, 3.8) is 0 Å². The fourth-order valence-corrected chi connectivity index (χ4v) is 3.95. The first kappa shape index (κ1) is 13.5. The van der Waals surface area contributed by atoms with E-state index >= 15 is 0 Å². The van der Waals surface area contributed by atoms with E-state index in [-0.39, 0.29) is 0 Å². The highest BCUT2D eigenvalue weighted by atomic mass is 16.5. The Bertz CT molecular complexity index is 477. The van der Waals surface area contributed by atoms with Gasteiger partial charge in [0.1, 0.15) is 5.82 Å². The van der Waals surface area contributed by atoms with E-state index in [1.165, 1.54) is 25.7 Å². The fraction of sp³-hybridized carbons (Fsp3) is 0.688. The van der Waals surface area contributed by atoms with Crippen LogP contribution in [0.2, 0.25) is 0 Å². The second-order valence-electron chi connectivity index (χ2n) is 6.31. The molecule has 0 amide bonds. The average molecular weight is 275 g/mol. The Morgan fingerprint density at radius 2 is 2.20 bits per heavy atom. The molecule has 1 aromatic rings. The number of nitrogen functional groups attached to an aromatic ring is 1. The Morgan fingerprint density at radius 3 is 2.85 bits per heavy atom. The number of ether oxygens (including phenoxy) is 1. The van der Waals surface area contributed by atoms with Crippen LogP contribution in [-0.4, -0.2) is 25.2 Å². The molecular formula is C16H25N3O. The second-order valence-corrected chi connectivity index (χ2v) is 6.31. The Balaban J connectivity index is 1.67. The first-order valence-corrected chi connectivity index (χ1v) is 7.77. The molecular weight excluding hydrogens is 250 g/mol. The third kappa shape index (κ3) is 2.56. The maximum Gasteiger partial charge on any atom is 0.239 e. The van der Waals surface area contributed by atoms with Crippen LogP contribution in [0.3, 0.4) is 0 Å². The Morgan fingerprint density at radius 1 is 1.35 bits per heavy atom. The molecule has 4 nitrogen and oxygen atoms in total. The zero-order chi connectivity index (χ0) is 14.1. The molecule has 0 radical (unpaired) electrons. The molecule has 2 saturated carbocycles. The van der Waals surface area contributed by atoms with Gasteiger partial charge in [0.15, 0.2) is 0 Å². The van der Waals surface area contributed by atoms with Gasteiger partial charge in [0, 0.05) is 13.6 Å². The summed E-state index contributed by atoms with van der Waals surface area (Å²) in [6.07, 6.45) is 5.75. The first-order valence-electron chi connectivity index (χ1n) is 7.77. The third-order valence-electron chi connectivity index (χ3n) is 4.94. The largest absolute Gasteiger partial charge is 0.476 e. The summed E-state index contributed by atoms with van der Waals surface area (Å²) in [7, 11) is 2.13. The fourth-order valence-electron chi connectivity index (χ4n) is 3.95. The normalized spacial score (nSPS) is 27.8. The van der Waals surface area contributed by atoms with E-state index in [2.05, 4.69) is 16.9 Å². The van der Waals surface area contributed by atoms with Gasteiger partial charge >= 0.3 is 0 Å². The van der Waals surface area contributed by atoms with Gasteiger partial charge < -0.3 is 15.4 Å². The number of pyridine rings is 1. The van der Waals surface area contributed by atoms with Crippen molar-refractivity contribution in [1.82, 2.24) is 4.98 Å². The van der Waals surface area contributed by atoms with E-state index in [1.54, 1.807) is 0 Å². The van der Waals surface area contributed by atoms with E-state index in [0.717, 1.165) is 30.1 Å². The van der Waals surface area contributed by atoms with E-state index < -0.39 is 0 Å². The number of rotatable bonds is 5. The lowest BCUT2D eigenvalue weighted by molar-refractivity contribution is 0.326. The molecule has 3 atom stereocenters. The van der Waals surface area contributed by atoms with Gasteiger partial charge in [-0.2, -0.15) is 4.98 Å². The number of anilines is 2. The van der Waals surface area contributed by atoms with Gasteiger partial charge in [-0.25, -0.2) is 0 Å². The quantitative estimate of drug-likeness (QED) is 0.897. The Kier molecular flexibility index (Phi) is 3.72. The maximum absolute atomic E-state index is 5.88. The Hall–Kier alpha value is -1.45. The lowest BCUT2D eigenvalue weighted by atomic mass is 9.88. The van der Waals surface area contributed by atoms with Gasteiger partial charge in [-0.15, -0.1) is 0 Å². The van der Waals surface area contributed by atoms with Crippen LogP contribution < -0.4 is 15.4 Å². The standard InChI is InChI=1S/C16H25N3O/c1-3-20-16-14(17)6-7-15(18-16)19(2)10-13-9-11-4-5-12(13)8-11/h6-7,11-13H,3-5,8-10,17H2,1-2H3. The monoisotopic (exact) mass is 275 g/mol. The van der Waals surface area contributed by atoms with Crippen LogP contribution in [0.15, 0.2) is 12.1 Å². The molecule has 2 aliphatic carbocycles. The summed E-state index contributed by atoms with van der Waals surface area (Å²) in [6.45, 7) is 3.65. The van der Waals surface area contributed by atoms with Crippen molar-refractivity contribution >= 4 is 11.5 Å². The molecule has 2 N–H and O–H groups in total. The van der Waals surface area contributed by atoms with Crippen molar-refractivity contribution in [3.8, 4) is 5.88 Å². The molecule has 0 aliphatic heterocycles. The van der Waals surface area contributed by atoms with Crippen LogP contribution in [0, 0.1) is 17.8 Å². The highest BCUT2D eigenvalue weighted by Crippen LogP contribution is 2.48. The van der Waals surface area contributed by atoms with Gasteiger partial charge in [0.2, 0.25) is 5.88 Å². The highest BCUT2D eigenvalue weighted by molar-refractivity contribution is 5.54. The minimum absolute atomic E-state index is 0.560. The molecule has 2 aliphatic rings. The zero-order valence-electron chi connectivity index (χ0n) is 12.5. The lowest BCUT2D eigenvalue weighted by Crippen LogP contribution is -2.29. The molecule has 2 fully saturated rings. The molecule has 1 heterocycles. The molecule has 20 heavy (non-hydrogen) atoms. The minimum Gasteiger partial charge on any atom is -0.476 e. The number of nitrogens with zero attached hydrogens (tertiary/aromatic N) is 2. The first-order chi connectivity index (χ1) is 9.67. The zero-order valence-corrected chi connectivity index (χ0v) is 12.5. The van der Waals surface area contributed by atoms with Gasteiger partial charge in [-0.05, 0) is 56.1 Å². The van der Waals surface area contributed by atoms with Crippen LogP contribution in [-0.2, 0) is 0 Å². The van der Waals surface area contributed by atoms with Crippen LogP contribution in [0.1, 0.15) is 32.6 Å². The highest BCUT2D eigenvalue weighted by Gasteiger charge is 2.39. The molecule has 0 aromatic carbocycles. The minimum atomic E-state index is 0.560. The van der Waals surface area contributed by atoms with Crippen LogP contribution in [0.4, 0.5) is 11.5 Å². The summed E-state index contributed by atoms with van der Waals surface area (Å²) < 4.78 is 5.48. The number of hydrogen-bond donors (Lipinski definition) is 1. The van der Waals surface area contributed by atoms with E-state index in [4.69, 9.17) is 10.5 Å². The van der Waals surface area contributed by atoms with Gasteiger partial charge in [0.05, 0.1) is 12.3 Å². The molecule has 4 heteroatoms. The molecule has 1 aromatic heterocycles. The van der Waals surface area contributed by atoms with Crippen molar-refractivity contribution in [1.29, 1.82) is 0 Å². The summed E-state index contributed by atoms with van der Waals surface area (Å²) in [5.41, 5.74) is 6.50. The van der Waals surface area contributed by atoms with E-state index in [9.17, 15) is 0 Å². The van der Waals surface area contributed by atoms with Crippen molar-refractivity contribution in [3.05, 3.63) is 12.1 Å². The van der Waals surface area contributed by atoms with Crippen LogP contribution in [0.5, 0.6) is 5.88 Å². The third-order valence-corrected chi connectivity index (χ3v) is 4.94. The summed E-state index contributed by atoms with van der Waals surface area (Å²) >= 11 is 0. The average Bonchev–Trinajstić information content (AvgIpc) is 3.03. The number of hydrogen-bond acceptors (Lipinski definition) is 4. The molecule has 0 spiro atoms. The van der Waals surface area contributed by atoms with Crippen LogP contribution >= 0.6 is 0 Å². The number of fused-ring (bicyclic) bond motifs is 2. The van der Waals surface area contributed by atoms with E-state index in [0.29, 0.717) is 18.2 Å². The summed E-state index contributed by atoms with van der Waals surface area (Å²) in [4.78, 5) is 6.80. The van der Waals surface area contributed by atoms with Gasteiger partial charge in [0.25, 0.3) is 0 Å². The van der Waals surface area contributed by atoms with E-state index in [1.807, 2.05) is 19.1 Å². The summed E-state index contributed by atoms with van der Waals surface area (Å²) in [5.74, 6) is 4.31. The van der Waals surface area contributed by atoms with Gasteiger partial charge in [-0.3, -0.25) is 0 Å². The Labute approximate surface area is 121 Å². The molecule has 2 bridgehead atoms. The summed E-state index contributed by atoms with van der Waals surface area (Å²) in [5, 5.41) is 0. The van der Waals surface area contributed by atoms with Gasteiger partial charge in [-0.1, -0.05) is 6.42 Å². The predicted molar refractivity (Wildman–Crippen MR) is 82.0 cm³/mol. The number of aromatic nitrogens is 1. The van der Waals surface area contributed by atoms with Crippen molar-refractivity contribution in [2.24, 2.45) is 17.8 Å². The molecule has 3 unspecified atom stereocenters. The summed E-state index contributed by atoms with van der Waals surface area (Å²) in [6, 6.07) is 3.88. The second kappa shape index (κ2) is 5.51.